The van der Waals surface area contributed by atoms with E-state index in [4.69, 9.17) is 4.74 Å². The fourth-order valence-electron chi connectivity index (χ4n) is 3.31. The Morgan fingerprint density at radius 3 is 2.56 bits per heavy atom. The molecule has 4 aromatic rings. The van der Waals surface area contributed by atoms with E-state index in [-0.39, 0.29) is 23.6 Å². The summed E-state index contributed by atoms with van der Waals surface area (Å²) in [5.41, 5.74) is 4.86. The van der Waals surface area contributed by atoms with Gasteiger partial charge in [0.15, 0.2) is 6.29 Å². The van der Waals surface area contributed by atoms with Gasteiger partial charge in [-0.15, -0.1) is 0 Å². The first-order valence-electron chi connectivity index (χ1n) is 10.1. The second-order valence-electron chi connectivity index (χ2n) is 7.13. The molecule has 0 aliphatic carbocycles. The first-order valence-corrected chi connectivity index (χ1v) is 10.1. The molecular formula is C26H21N3O3. The summed E-state index contributed by atoms with van der Waals surface area (Å²) in [6.45, 7) is 2.13. The van der Waals surface area contributed by atoms with Crippen molar-refractivity contribution in [1.82, 2.24) is 9.97 Å². The molecule has 6 nitrogen and oxygen atoms in total. The van der Waals surface area contributed by atoms with E-state index in [2.05, 4.69) is 15.3 Å². The maximum absolute atomic E-state index is 12.9. The third kappa shape index (κ3) is 4.70. The molecule has 1 N–H and O–H groups in total. The van der Waals surface area contributed by atoms with Crippen molar-refractivity contribution in [3.63, 3.8) is 0 Å². The minimum absolute atomic E-state index is 0.149. The standard InChI is InChI=1S/C26H21N3O3/c1-18-22(19-8-3-2-4-9-19)11-7-12-23(18)29-26(31)24-14-25(20(16-30)15-28-24)32-17-21-10-5-6-13-27-21/h2-16H,17H2,1H3,(H,29,31). The Balaban J connectivity index is 1.55. The molecule has 0 saturated carbocycles. The van der Waals surface area contributed by atoms with Gasteiger partial charge in [-0.25, -0.2) is 0 Å². The number of rotatable bonds is 7. The average Bonchev–Trinajstić information content (AvgIpc) is 2.85. The van der Waals surface area contributed by atoms with E-state index < -0.39 is 5.91 Å². The van der Waals surface area contributed by atoms with E-state index in [1.165, 1.54) is 12.3 Å². The summed E-state index contributed by atoms with van der Waals surface area (Å²) in [6, 6.07) is 22.7. The van der Waals surface area contributed by atoms with Crippen molar-refractivity contribution in [2.75, 3.05) is 5.32 Å². The normalized spacial score (nSPS) is 10.4. The molecule has 2 aromatic carbocycles. The summed E-state index contributed by atoms with van der Waals surface area (Å²) in [6.07, 6.45) is 3.65. The molecule has 158 valence electrons. The fraction of sp³-hybridized carbons (Fsp3) is 0.0769. The molecule has 2 heterocycles. The van der Waals surface area contributed by atoms with Gasteiger partial charge in [0, 0.05) is 24.1 Å². The number of carbonyl (C=O) groups excluding carboxylic acids is 2. The Morgan fingerprint density at radius 2 is 1.81 bits per heavy atom. The largest absolute Gasteiger partial charge is 0.486 e. The minimum Gasteiger partial charge on any atom is -0.486 e. The Bertz CT molecular complexity index is 1240. The minimum atomic E-state index is -0.390. The lowest BCUT2D eigenvalue weighted by Crippen LogP contribution is -2.15. The van der Waals surface area contributed by atoms with Gasteiger partial charge in [0.1, 0.15) is 18.1 Å². The van der Waals surface area contributed by atoms with E-state index in [0.29, 0.717) is 17.7 Å². The van der Waals surface area contributed by atoms with Crippen LogP contribution in [0.2, 0.25) is 0 Å². The van der Waals surface area contributed by atoms with Crippen LogP contribution in [0.25, 0.3) is 11.1 Å². The third-order valence-electron chi connectivity index (χ3n) is 5.02. The highest BCUT2D eigenvalue weighted by Crippen LogP contribution is 2.29. The van der Waals surface area contributed by atoms with Crippen molar-refractivity contribution < 1.29 is 14.3 Å². The van der Waals surface area contributed by atoms with Crippen LogP contribution >= 0.6 is 0 Å². The highest BCUT2D eigenvalue weighted by Gasteiger charge is 2.15. The van der Waals surface area contributed by atoms with Gasteiger partial charge in [-0.05, 0) is 41.8 Å². The predicted molar refractivity (Wildman–Crippen MR) is 123 cm³/mol. The second kappa shape index (κ2) is 9.66. The maximum Gasteiger partial charge on any atom is 0.274 e. The molecule has 0 spiro atoms. The van der Waals surface area contributed by atoms with Gasteiger partial charge >= 0.3 is 0 Å². The molecule has 1 amide bonds. The van der Waals surface area contributed by atoms with Gasteiger partial charge < -0.3 is 10.1 Å². The average molecular weight is 423 g/mol. The zero-order valence-corrected chi connectivity index (χ0v) is 17.5. The number of nitrogens with one attached hydrogen (secondary N) is 1. The quantitative estimate of drug-likeness (QED) is 0.419. The van der Waals surface area contributed by atoms with Gasteiger partial charge in [-0.3, -0.25) is 19.6 Å². The molecule has 0 radical (unpaired) electrons. The Labute approximate surface area is 185 Å². The third-order valence-corrected chi connectivity index (χ3v) is 5.02. The Morgan fingerprint density at radius 1 is 1.00 bits per heavy atom. The molecule has 4 rings (SSSR count). The fourth-order valence-corrected chi connectivity index (χ4v) is 3.31. The van der Waals surface area contributed by atoms with Gasteiger partial charge in [0.05, 0.1) is 11.3 Å². The van der Waals surface area contributed by atoms with Crippen LogP contribution in [0.15, 0.2) is 85.2 Å². The number of hydrogen-bond acceptors (Lipinski definition) is 5. The monoisotopic (exact) mass is 423 g/mol. The summed E-state index contributed by atoms with van der Waals surface area (Å²) in [7, 11) is 0. The van der Waals surface area contributed by atoms with E-state index in [1.54, 1.807) is 6.20 Å². The zero-order chi connectivity index (χ0) is 22.3. The maximum atomic E-state index is 12.9. The van der Waals surface area contributed by atoms with Crippen LogP contribution in [0.3, 0.4) is 0 Å². The summed E-state index contributed by atoms with van der Waals surface area (Å²) in [5, 5.41) is 2.92. The molecule has 32 heavy (non-hydrogen) atoms. The lowest BCUT2D eigenvalue weighted by atomic mass is 9.99. The van der Waals surface area contributed by atoms with Crippen LogP contribution in [-0.4, -0.2) is 22.2 Å². The van der Waals surface area contributed by atoms with Gasteiger partial charge in [-0.2, -0.15) is 0 Å². The van der Waals surface area contributed by atoms with E-state index in [9.17, 15) is 9.59 Å². The van der Waals surface area contributed by atoms with Crippen LogP contribution in [-0.2, 0) is 6.61 Å². The lowest BCUT2D eigenvalue weighted by molar-refractivity contribution is 0.102. The zero-order valence-electron chi connectivity index (χ0n) is 17.5. The molecule has 0 unspecified atom stereocenters. The van der Waals surface area contributed by atoms with Crippen molar-refractivity contribution in [3.8, 4) is 16.9 Å². The summed E-state index contributed by atoms with van der Waals surface area (Å²) in [4.78, 5) is 32.6. The Hall–Kier alpha value is -4.32. The number of anilines is 1. The molecule has 0 aliphatic heterocycles. The van der Waals surface area contributed by atoms with Crippen LogP contribution < -0.4 is 10.1 Å². The molecular weight excluding hydrogens is 402 g/mol. The predicted octanol–water partition coefficient (Wildman–Crippen LogP) is 5.10. The van der Waals surface area contributed by atoms with Gasteiger partial charge in [-0.1, -0.05) is 48.5 Å². The summed E-state index contributed by atoms with van der Waals surface area (Å²) < 4.78 is 5.74. The number of carbonyl (C=O) groups is 2. The Kier molecular flexibility index (Phi) is 6.32. The number of aldehydes is 1. The van der Waals surface area contributed by atoms with E-state index >= 15 is 0 Å². The van der Waals surface area contributed by atoms with Gasteiger partial charge in [0.2, 0.25) is 0 Å². The SMILES string of the molecule is Cc1c(NC(=O)c2cc(OCc3ccccn3)c(C=O)cn2)cccc1-c1ccccc1. The van der Waals surface area contributed by atoms with Gasteiger partial charge in [0.25, 0.3) is 5.91 Å². The van der Waals surface area contributed by atoms with Crippen molar-refractivity contribution in [2.24, 2.45) is 0 Å². The molecule has 0 aliphatic rings. The molecule has 2 aromatic heterocycles. The first kappa shape index (κ1) is 20.9. The number of amides is 1. The molecule has 0 bridgehead atoms. The van der Waals surface area contributed by atoms with E-state index in [1.807, 2.05) is 73.7 Å². The lowest BCUT2D eigenvalue weighted by Gasteiger charge is -2.13. The summed E-state index contributed by atoms with van der Waals surface area (Å²) >= 11 is 0. The molecule has 6 heteroatoms. The topological polar surface area (TPSA) is 81.2 Å². The van der Waals surface area contributed by atoms with Crippen molar-refractivity contribution >= 4 is 17.9 Å². The number of aromatic nitrogens is 2. The first-order chi connectivity index (χ1) is 15.7. The van der Waals surface area contributed by atoms with Crippen LogP contribution in [0.4, 0.5) is 5.69 Å². The van der Waals surface area contributed by atoms with Crippen molar-refractivity contribution in [3.05, 3.63) is 108 Å². The van der Waals surface area contributed by atoms with Crippen LogP contribution in [0, 0.1) is 6.92 Å². The number of ether oxygens (including phenoxy) is 1. The van der Waals surface area contributed by atoms with Crippen molar-refractivity contribution in [1.29, 1.82) is 0 Å². The number of hydrogen-bond donors (Lipinski definition) is 1. The van der Waals surface area contributed by atoms with Crippen LogP contribution in [0.5, 0.6) is 5.75 Å². The highest BCUT2D eigenvalue weighted by atomic mass is 16.5. The molecule has 0 fully saturated rings. The number of benzene rings is 2. The van der Waals surface area contributed by atoms with Crippen molar-refractivity contribution in [2.45, 2.75) is 13.5 Å². The van der Waals surface area contributed by atoms with E-state index in [0.717, 1.165) is 16.7 Å². The smallest absolute Gasteiger partial charge is 0.274 e. The molecule has 0 atom stereocenters. The van der Waals surface area contributed by atoms with Crippen LogP contribution in [0.1, 0.15) is 32.1 Å². The highest BCUT2D eigenvalue weighted by molar-refractivity contribution is 6.04. The summed E-state index contributed by atoms with van der Waals surface area (Å²) in [5.74, 6) is -0.112. The molecule has 0 saturated heterocycles. The number of pyridine rings is 2. The number of nitrogens with zero attached hydrogens (tertiary/aromatic N) is 2. The second-order valence-corrected chi connectivity index (χ2v) is 7.13.